The maximum Gasteiger partial charge on any atom is 0.251 e. The maximum atomic E-state index is 12.1. The largest absolute Gasteiger partial charge is 0.376 e. The molecule has 6 nitrogen and oxygen atoms in total. The Bertz CT molecular complexity index is 473. The molecule has 22 heavy (non-hydrogen) atoms. The minimum Gasteiger partial charge on any atom is -0.376 e. The number of rotatable bonds is 8. The molecule has 122 valence electrons. The van der Waals surface area contributed by atoms with Gasteiger partial charge in [-0.2, -0.15) is 0 Å². The van der Waals surface area contributed by atoms with E-state index in [1.807, 2.05) is 14.1 Å². The van der Waals surface area contributed by atoms with E-state index in [-0.39, 0.29) is 12.0 Å². The molecule has 1 saturated heterocycles. The van der Waals surface area contributed by atoms with Gasteiger partial charge in [-0.3, -0.25) is 4.79 Å². The molecular weight excluding hydrogens is 280 g/mol. The van der Waals surface area contributed by atoms with E-state index < -0.39 is 0 Å². The summed E-state index contributed by atoms with van der Waals surface area (Å²) in [7, 11) is 4.05. The fourth-order valence-corrected chi connectivity index (χ4v) is 2.39. The van der Waals surface area contributed by atoms with Gasteiger partial charge in [0, 0.05) is 31.5 Å². The first-order chi connectivity index (χ1) is 10.6. The molecule has 2 N–H and O–H groups in total. The Labute approximate surface area is 132 Å². The lowest BCUT2D eigenvalue weighted by atomic mass is 10.2. The fraction of sp³-hybridized carbons (Fsp3) is 0.625. The molecule has 1 fully saturated rings. The first-order valence-electron chi connectivity index (χ1n) is 7.89. The van der Waals surface area contributed by atoms with Gasteiger partial charge in [0.25, 0.3) is 5.91 Å². The van der Waals surface area contributed by atoms with Crippen molar-refractivity contribution in [2.45, 2.75) is 25.4 Å². The number of carbonyl (C=O) groups excluding carboxylic acids is 1. The fourth-order valence-electron chi connectivity index (χ4n) is 2.39. The Hall–Kier alpha value is -1.66. The second-order valence-corrected chi connectivity index (χ2v) is 5.86. The average Bonchev–Trinajstić information content (AvgIpc) is 3.03. The number of carbonyl (C=O) groups is 1. The number of anilines is 1. The molecule has 0 saturated carbocycles. The summed E-state index contributed by atoms with van der Waals surface area (Å²) in [5.41, 5.74) is 0.634. The van der Waals surface area contributed by atoms with Crippen LogP contribution in [-0.4, -0.2) is 62.2 Å². The van der Waals surface area contributed by atoms with Gasteiger partial charge < -0.3 is 20.3 Å². The monoisotopic (exact) mass is 306 g/mol. The summed E-state index contributed by atoms with van der Waals surface area (Å²) in [5, 5.41) is 6.17. The first kappa shape index (κ1) is 16.7. The number of hydrogen-bond acceptors (Lipinski definition) is 5. The van der Waals surface area contributed by atoms with Crippen LogP contribution in [0.15, 0.2) is 18.3 Å². The van der Waals surface area contributed by atoms with Crippen LogP contribution < -0.4 is 10.6 Å². The number of ether oxygens (including phenoxy) is 1. The molecule has 0 radical (unpaired) electrons. The van der Waals surface area contributed by atoms with E-state index in [4.69, 9.17) is 4.74 Å². The number of nitrogens with zero attached hydrogens (tertiary/aromatic N) is 2. The Balaban J connectivity index is 1.78. The minimum absolute atomic E-state index is 0.0543. The molecule has 1 aromatic rings. The zero-order valence-electron chi connectivity index (χ0n) is 13.5. The standard InChI is InChI=1S/C16H26N4O2/c1-20(2)9-4-7-18-16(21)13-6-8-17-15(11-13)19-12-14-5-3-10-22-14/h6,8,11,14H,3-5,7,9-10,12H2,1-2H3,(H,17,19)(H,18,21). The molecule has 6 heteroatoms. The van der Waals surface area contributed by atoms with Crippen molar-refractivity contribution < 1.29 is 9.53 Å². The summed E-state index contributed by atoms with van der Waals surface area (Å²) in [6, 6.07) is 3.52. The molecule has 1 aliphatic heterocycles. The van der Waals surface area contributed by atoms with Gasteiger partial charge in [-0.05, 0) is 52.0 Å². The van der Waals surface area contributed by atoms with Crippen LogP contribution in [0.1, 0.15) is 29.6 Å². The van der Waals surface area contributed by atoms with Crippen LogP contribution in [0.4, 0.5) is 5.82 Å². The van der Waals surface area contributed by atoms with Crippen LogP contribution in [-0.2, 0) is 4.74 Å². The second-order valence-electron chi connectivity index (χ2n) is 5.86. The van der Waals surface area contributed by atoms with Gasteiger partial charge in [0.1, 0.15) is 5.82 Å². The second kappa shape index (κ2) is 8.70. The third-order valence-electron chi connectivity index (χ3n) is 3.62. The van der Waals surface area contributed by atoms with E-state index in [1.54, 1.807) is 18.3 Å². The molecule has 1 atom stereocenters. The van der Waals surface area contributed by atoms with Gasteiger partial charge in [-0.1, -0.05) is 0 Å². The molecule has 1 aliphatic rings. The van der Waals surface area contributed by atoms with Crippen molar-refractivity contribution in [3.8, 4) is 0 Å². The normalized spacial score (nSPS) is 17.7. The highest BCUT2D eigenvalue weighted by atomic mass is 16.5. The van der Waals surface area contributed by atoms with Gasteiger partial charge in [-0.15, -0.1) is 0 Å². The van der Waals surface area contributed by atoms with E-state index in [0.29, 0.717) is 12.1 Å². The van der Waals surface area contributed by atoms with Crippen molar-refractivity contribution in [2.24, 2.45) is 0 Å². The summed E-state index contributed by atoms with van der Waals surface area (Å²) in [5.74, 6) is 0.665. The van der Waals surface area contributed by atoms with Crippen molar-refractivity contribution in [1.29, 1.82) is 0 Å². The number of pyridine rings is 1. The summed E-state index contributed by atoms with van der Waals surface area (Å²) >= 11 is 0. The van der Waals surface area contributed by atoms with E-state index in [1.165, 1.54) is 0 Å². The smallest absolute Gasteiger partial charge is 0.251 e. The lowest BCUT2D eigenvalue weighted by molar-refractivity contribution is 0.0952. The predicted octanol–water partition coefficient (Wildman–Crippen LogP) is 1.35. The Morgan fingerprint density at radius 1 is 1.50 bits per heavy atom. The Kier molecular flexibility index (Phi) is 6.61. The van der Waals surface area contributed by atoms with Crippen LogP contribution in [0.5, 0.6) is 0 Å². The van der Waals surface area contributed by atoms with E-state index >= 15 is 0 Å². The third kappa shape index (κ3) is 5.61. The highest BCUT2D eigenvalue weighted by Crippen LogP contribution is 2.13. The number of hydrogen-bond donors (Lipinski definition) is 2. The van der Waals surface area contributed by atoms with Crippen LogP contribution in [0.25, 0.3) is 0 Å². The quantitative estimate of drug-likeness (QED) is 0.710. The number of amides is 1. The molecule has 0 bridgehead atoms. The van der Waals surface area contributed by atoms with Crippen LogP contribution >= 0.6 is 0 Å². The Morgan fingerprint density at radius 2 is 2.36 bits per heavy atom. The number of nitrogens with one attached hydrogen (secondary N) is 2. The SMILES string of the molecule is CN(C)CCCNC(=O)c1ccnc(NCC2CCCO2)c1. The zero-order valence-corrected chi connectivity index (χ0v) is 13.5. The third-order valence-corrected chi connectivity index (χ3v) is 3.62. The first-order valence-corrected chi connectivity index (χ1v) is 7.89. The molecule has 2 rings (SSSR count). The Morgan fingerprint density at radius 3 is 3.09 bits per heavy atom. The lowest BCUT2D eigenvalue weighted by Gasteiger charge is -2.12. The maximum absolute atomic E-state index is 12.1. The highest BCUT2D eigenvalue weighted by Gasteiger charge is 2.15. The van der Waals surface area contributed by atoms with Crippen molar-refractivity contribution in [1.82, 2.24) is 15.2 Å². The summed E-state index contributed by atoms with van der Waals surface area (Å²) in [6.45, 7) is 3.22. The molecule has 0 aliphatic carbocycles. The van der Waals surface area contributed by atoms with Gasteiger partial charge in [0.2, 0.25) is 0 Å². The molecule has 0 aromatic carbocycles. The predicted molar refractivity (Wildman–Crippen MR) is 87.2 cm³/mol. The van der Waals surface area contributed by atoms with Crippen molar-refractivity contribution in [3.05, 3.63) is 23.9 Å². The number of aromatic nitrogens is 1. The van der Waals surface area contributed by atoms with Gasteiger partial charge in [0.15, 0.2) is 0 Å². The van der Waals surface area contributed by atoms with E-state index in [2.05, 4.69) is 20.5 Å². The molecule has 0 spiro atoms. The molecule has 1 amide bonds. The van der Waals surface area contributed by atoms with Gasteiger partial charge >= 0.3 is 0 Å². The molecule has 1 unspecified atom stereocenters. The molecular formula is C16H26N4O2. The van der Waals surface area contributed by atoms with Gasteiger partial charge in [-0.25, -0.2) is 4.98 Å². The van der Waals surface area contributed by atoms with Gasteiger partial charge in [0.05, 0.1) is 6.10 Å². The van der Waals surface area contributed by atoms with Crippen molar-refractivity contribution in [3.63, 3.8) is 0 Å². The molecule has 2 heterocycles. The summed E-state index contributed by atoms with van der Waals surface area (Å²) in [6.07, 6.45) is 5.06. The van der Waals surface area contributed by atoms with E-state index in [9.17, 15) is 4.79 Å². The topological polar surface area (TPSA) is 66.5 Å². The zero-order chi connectivity index (χ0) is 15.8. The minimum atomic E-state index is -0.0543. The van der Waals surface area contributed by atoms with Crippen LogP contribution in [0, 0.1) is 0 Å². The highest BCUT2D eigenvalue weighted by molar-refractivity contribution is 5.94. The lowest BCUT2D eigenvalue weighted by Crippen LogP contribution is -2.27. The van der Waals surface area contributed by atoms with Crippen molar-refractivity contribution in [2.75, 3.05) is 45.7 Å². The van der Waals surface area contributed by atoms with Crippen LogP contribution in [0.3, 0.4) is 0 Å². The molecule has 1 aromatic heterocycles. The summed E-state index contributed by atoms with van der Waals surface area (Å²) in [4.78, 5) is 18.4. The average molecular weight is 306 g/mol. The summed E-state index contributed by atoms with van der Waals surface area (Å²) < 4.78 is 5.56. The van der Waals surface area contributed by atoms with E-state index in [0.717, 1.165) is 44.8 Å². The van der Waals surface area contributed by atoms with Crippen molar-refractivity contribution >= 4 is 11.7 Å². The van der Waals surface area contributed by atoms with Crippen LogP contribution in [0.2, 0.25) is 0 Å².